The molecule has 12 nitrogen and oxygen atoms in total. The van der Waals surface area contributed by atoms with Crippen molar-refractivity contribution in [2.45, 2.75) is 137 Å². The number of hydrogen-bond acceptors (Lipinski definition) is 12. The van der Waals surface area contributed by atoms with Crippen LogP contribution in [-0.4, -0.2) is 97.9 Å². The first-order valence-corrected chi connectivity index (χ1v) is 29.1. The van der Waals surface area contributed by atoms with Crippen LogP contribution in [0.1, 0.15) is 51.8 Å². The van der Waals surface area contributed by atoms with E-state index in [-0.39, 0.29) is 29.3 Å². The second-order valence-corrected chi connectivity index (χ2v) is 22.1. The highest BCUT2D eigenvalue weighted by molar-refractivity contribution is 14.1. The van der Waals surface area contributed by atoms with Crippen molar-refractivity contribution in [3.8, 4) is 0 Å². The number of ether oxygens (including phenoxy) is 12. The lowest BCUT2D eigenvalue weighted by atomic mass is 9.93. The van der Waals surface area contributed by atoms with E-state index in [0.29, 0.717) is 52.7 Å². The summed E-state index contributed by atoms with van der Waals surface area (Å²) in [5, 5.41) is 0. The lowest BCUT2D eigenvalue weighted by Gasteiger charge is -2.46. The van der Waals surface area contributed by atoms with Crippen LogP contribution < -0.4 is 0 Å². The largest absolute Gasteiger partial charge is 0.374 e. The van der Waals surface area contributed by atoms with Crippen molar-refractivity contribution in [3.63, 3.8) is 0 Å². The fraction of sp³-hybridized carbons (Fsp3) is 0.373. The lowest BCUT2D eigenvalue weighted by Crippen LogP contribution is -2.62. The molecule has 3 heterocycles. The predicted molar refractivity (Wildman–Crippen MR) is 312 cm³/mol. The summed E-state index contributed by atoms with van der Waals surface area (Å²) in [5.74, 6) is 0. The number of methoxy groups -OCH3 is 1. The molecule has 13 atom stereocenters. The molecule has 80 heavy (non-hydrogen) atoms. The van der Waals surface area contributed by atoms with Gasteiger partial charge in [0.05, 0.1) is 77.8 Å². The molecular formula is C67H73IO12. The fourth-order valence-electron chi connectivity index (χ4n) is 10.5. The van der Waals surface area contributed by atoms with Crippen LogP contribution in [0.3, 0.4) is 0 Å². The van der Waals surface area contributed by atoms with Crippen molar-refractivity contribution in [2.24, 2.45) is 0 Å². The highest BCUT2D eigenvalue weighted by atomic mass is 127. The Labute approximate surface area is 485 Å². The van der Waals surface area contributed by atoms with Gasteiger partial charge in [0.1, 0.15) is 42.7 Å². The average molecular weight is 1200 g/mol. The van der Waals surface area contributed by atoms with Crippen LogP contribution in [0.15, 0.2) is 212 Å². The van der Waals surface area contributed by atoms with Gasteiger partial charge >= 0.3 is 0 Å². The molecule has 7 aromatic carbocycles. The summed E-state index contributed by atoms with van der Waals surface area (Å²) in [4.78, 5) is 0. The van der Waals surface area contributed by atoms with Crippen LogP contribution in [0, 0.1) is 0 Å². The SMILES string of the molecule is CO[C@H]1O[C@H](C[C@H]2C[C@H](I)[C@@H](CO[C@@H]3O[C@H](COCc4ccccc4)[C@@H](OCc4ccccc4)[C@H](OCc4ccccc4)[C@H]3OCc3ccccc3)O2)[C@@H](OCc2ccccc2)[C@H](OCc2ccccc2)[C@H]1OCc1ccccc1. The minimum Gasteiger partial charge on any atom is -0.374 e. The third-order valence-corrected chi connectivity index (χ3v) is 16.0. The van der Waals surface area contributed by atoms with Gasteiger partial charge in [-0.15, -0.1) is 0 Å². The summed E-state index contributed by atoms with van der Waals surface area (Å²) in [6.45, 7) is 2.80. The second kappa shape index (κ2) is 30.7. The Morgan fingerprint density at radius 3 is 1.05 bits per heavy atom. The molecule has 0 unspecified atom stereocenters. The molecule has 0 bridgehead atoms. The van der Waals surface area contributed by atoms with Crippen LogP contribution in [-0.2, 0) is 103 Å². The zero-order chi connectivity index (χ0) is 54.6. The Morgan fingerprint density at radius 2 is 0.662 bits per heavy atom. The average Bonchev–Trinajstić information content (AvgIpc) is 3.88. The van der Waals surface area contributed by atoms with Gasteiger partial charge in [-0.05, 0) is 45.4 Å². The smallest absolute Gasteiger partial charge is 0.187 e. The van der Waals surface area contributed by atoms with E-state index in [1.807, 2.05) is 152 Å². The molecule has 0 N–H and O–H groups in total. The maximum absolute atomic E-state index is 7.07. The molecule has 13 heteroatoms. The first kappa shape index (κ1) is 58.0. The number of rotatable bonds is 28. The molecule has 0 aliphatic carbocycles. The molecule has 0 amide bonds. The topological polar surface area (TPSA) is 111 Å². The van der Waals surface area contributed by atoms with Gasteiger partial charge in [-0.25, -0.2) is 0 Å². The first-order valence-electron chi connectivity index (χ1n) is 27.8. The van der Waals surface area contributed by atoms with Crippen molar-refractivity contribution in [3.05, 3.63) is 251 Å². The van der Waals surface area contributed by atoms with Crippen molar-refractivity contribution >= 4 is 22.6 Å². The molecule has 0 aromatic heterocycles. The standard InChI is InChI=1S/C67H73IO12/c1-69-66-64(75-44-53-33-19-7-20-34-53)62(73-42-51-29-15-5-16-30-51)60(71-40-49-25-11-3-12-26-49)57(79-66)38-55-37-56(68)58(78-55)47-77-67-65(76-45-54-35-21-8-22-36-54)63(74-43-52-31-17-6-18-32-52)61(72-41-50-27-13-4-14-28-50)59(80-67)46-70-39-48-23-9-2-10-24-48/h2-36,55-67H,37-47H2,1H3/t55-,56+,57-,58-,59-,60-,61-,62+,63+,64-,65-,66+,67-/m1/s1. The third-order valence-electron chi connectivity index (χ3n) is 14.7. The molecule has 7 aromatic rings. The van der Waals surface area contributed by atoms with Crippen molar-refractivity contribution in [1.82, 2.24) is 0 Å². The predicted octanol–water partition coefficient (Wildman–Crippen LogP) is 12.2. The fourth-order valence-corrected chi connectivity index (χ4v) is 11.5. The van der Waals surface area contributed by atoms with Gasteiger partial charge in [0.25, 0.3) is 0 Å². The molecular weight excluding hydrogens is 1120 g/mol. The van der Waals surface area contributed by atoms with E-state index < -0.39 is 61.4 Å². The number of hydrogen-bond donors (Lipinski definition) is 0. The highest BCUT2D eigenvalue weighted by Gasteiger charge is 2.52. The van der Waals surface area contributed by atoms with E-state index in [2.05, 4.69) is 83.3 Å². The number of halogens is 1. The summed E-state index contributed by atoms with van der Waals surface area (Å²) < 4.78 is 82.2. The van der Waals surface area contributed by atoms with Crippen molar-refractivity contribution in [2.75, 3.05) is 20.3 Å². The normalized spacial score (nSPS) is 26.8. The van der Waals surface area contributed by atoms with Crippen LogP contribution in [0.4, 0.5) is 0 Å². The van der Waals surface area contributed by atoms with Gasteiger partial charge in [-0.2, -0.15) is 0 Å². The number of benzene rings is 7. The molecule has 0 radical (unpaired) electrons. The zero-order valence-electron chi connectivity index (χ0n) is 45.3. The maximum Gasteiger partial charge on any atom is 0.187 e. The van der Waals surface area contributed by atoms with Crippen LogP contribution in [0.5, 0.6) is 0 Å². The van der Waals surface area contributed by atoms with Crippen LogP contribution in [0.25, 0.3) is 0 Å². The highest BCUT2D eigenvalue weighted by Crippen LogP contribution is 2.38. The second-order valence-electron chi connectivity index (χ2n) is 20.5. The van der Waals surface area contributed by atoms with Crippen molar-refractivity contribution in [1.29, 1.82) is 0 Å². The Balaban J connectivity index is 0.895. The molecule has 3 aliphatic heterocycles. The van der Waals surface area contributed by atoms with Crippen LogP contribution in [0.2, 0.25) is 0 Å². The van der Waals surface area contributed by atoms with E-state index in [1.165, 1.54) is 0 Å². The molecule has 3 fully saturated rings. The maximum atomic E-state index is 7.07. The summed E-state index contributed by atoms with van der Waals surface area (Å²) in [5.41, 5.74) is 7.20. The monoisotopic (exact) mass is 1200 g/mol. The molecule has 3 aliphatic rings. The zero-order valence-corrected chi connectivity index (χ0v) is 47.4. The molecule has 0 saturated carbocycles. The van der Waals surface area contributed by atoms with E-state index in [9.17, 15) is 0 Å². The van der Waals surface area contributed by atoms with Gasteiger partial charge in [0.15, 0.2) is 12.6 Å². The van der Waals surface area contributed by atoms with E-state index in [0.717, 1.165) is 45.4 Å². The Morgan fingerprint density at radius 1 is 0.338 bits per heavy atom. The van der Waals surface area contributed by atoms with Crippen LogP contribution >= 0.6 is 22.6 Å². The third kappa shape index (κ3) is 16.7. The lowest BCUT2D eigenvalue weighted by molar-refractivity contribution is -0.331. The Kier molecular flexibility index (Phi) is 22.3. The molecule has 10 rings (SSSR count). The Bertz CT molecular complexity index is 2790. The van der Waals surface area contributed by atoms with Crippen molar-refractivity contribution < 1.29 is 56.8 Å². The minimum atomic E-state index is -0.886. The Hall–Kier alpha value is -5.21. The first-order chi connectivity index (χ1) is 39.5. The summed E-state index contributed by atoms with van der Waals surface area (Å²) in [6.07, 6.45) is -5.70. The van der Waals surface area contributed by atoms with Gasteiger partial charge < -0.3 is 56.8 Å². The van der Waals surface area contributed by atoms with Gasteiger partial charge in [0.2, 0.25) is 0 Å². The van der Waals surface area contributed by atoms with E-state index in [4.69, 9.17) is 56.8 Å². The summed E-state index contributed by atoms with van der Waals surface area (Å²) in [6, 6.07) is 71.0. The van der Waals surface area contributed by atoms with Gasteiger partial charge in [-0.3, -0.25) is 0 Å². The van der Waals surface area contributed by atoms with E-state index >= 15 is 0 Å². The molecule has 0 spiro atoms. The summed E-state index contributed by atoms with van der Waals surface area (Å²) in [7, 11) is 1.65. The molecule has 3 saturated heterocycles. The quantitative estimate of drug-likeness (QED) is 0.0344. The molecule has 420 valence electrons. The minimum absolute atomic E-state index is 0.0829. The van der Waals surface area contributed by atoms with E-state index in [1.54, 1.807) is 7.11 Å². The summed E-state index contributed by atoms with van der Waals surface area (Å²) >= 11 is 2.50. The van der Waals surface area contributed by atoms with Gasteiger partial charge in [0, 0.05) is 17.5 Å². The number of alkyl halides is 1. The van der Waals surface area contributed by atoms with Gasteiger partial charge in [-0.1, -0.05) is 235 Å².